The molecule has 2 aromatic carbocycles. The van der Waals surface area contributed by atoms with Crippen LogP contribution < -0.4 is 5.32 Å². The third-order valence-corrected chi connectivity index (χ3v) is 3.27. The van der Waals surface area contributed by atoms with E-state index in [9.17, 15) is 9.18 Å². The van der Waals surface area contributed by atoms with Gasteiger partial charge >= 0.3 is 0 Å². The van der Waals surface area contributed by atoms with Crippen molar-refractivity contribution in [3.63, 3.8) is 0 Å². The molecular formula is C19H20FNO. The highest BCUT2D eigenvalue weighted by Crippen LogP contribution is 2.29. The molecule has 0 bridgehead atoms. The highest BCUT2D eigenvalue weighted by molar-refractivity contribution is 6.02. The van der Waals surface area contributed by atoms with Crippen molar-refractivity contribution in [1.29, 1.82) is 0 Å². The number of nitrogens with one attached hydrogen (secondary N) is 1. The molecule has 0 aliphatic rings. The van der Waals surface area contributed by atoms with Gasteiger partial charge in [0.2, 0.25) is 5.91 Å². The monoisotopic (exact) mass is 297 g/mol. The van der Waals surface area contributed by atoms with Gasteiger partial charge in [0.05, 0.1) is 0 Å². The van der Waals surface area contributed by atoms with Crippen LogP contribution in [0.25, 0.3) is 6.08 Å². The van der Waals surface area contributed by atoms with Crippen LogP contribution in [-0.4, -0.2) is 5.91 Å². The van der Waals surface area contributed by atoms with E-state index in [1.165, 1.54) is 18.2 Å². The second kappa shape index (κ2) is 6.56. The Kier molecular flexibility index (Phi) is 4.76. The number of carbonyl (C=O) groups is 1. The molecule has 0 fully saturated rings. The molecule has 2 rings (SSSR count). The number of carbonyl (C=O) groups excluding carboxylic acids is 1. The fraction of sp³-hybridized carbons (Fsp3) is 0.211. The molecule has 0 saturated carbocycles. The summed E-state index contributed by atoms with van der Waals surface area (Å²) in [5.41, 5.74) is 2.46. The van der Waals surface area contributed by atoms with Gasteiger partial charge in [-0.2, -0.15) is 0 Å². The maximum atomic E-state index is 13.1. The van der Waals surface area contributed by atoms with Gasteiger partial charge in [0.15, 0.2) is 0 Å². The molecule has 1 amide bonds. The number of rotatable bonds is 3. The summed E-state index contributed by atoms with van der Waals surface area (Å²) < 4.78 is 13.1. The van der Waals surface area contributed by atoms with Crippen LogP contribution in [0.15, 0.2) is 54.6 Å². The van der Waals surface area contributed by atoms with E-state index in [2.05, 4.69) is 26.1 Å². The van der Waals surface area contributed by atoms with Crippen molar-refractivity contribution < 1.29 is 9.18 Å². The smallest absolute Gasteiger partial charge is 0.248 e. The van der Waals surface area contributed by atoms with Gasteiger partial charge in [0.1, 0.15) is 5.82 Å². The second-order valence-corrected chi connectivity index (χ2v) is 6.17. The summed E-state index contributed by atoms with van der Waals surface area (Å²) in [5.74, 6) is -0.554. The van der Waals surface area contributed by atoms with Gasteiger partial charge < -0.3 is 5.32 Å². The summed E-state index contributed by atoms with van der Waals surface area (Å²) in [6.45, 7) is 6.29. The summed E-state index contributed by atoms with van der Waals surface area (Å²) in [6, 6.07) is 13.8. The molecule has 0 aliphatic heterocycles. The first-order valence-corrected chi connectivity index (χ1v) is 7.20. The van der Waals surface area contributed by atoms with Gasteiger partial charge in [-0.05, 0) is 40.8 Å². The Hall–Kier alpha value is -2.42. The lowest BCUT2D eigenvalue weighted by Crippen LogP contribution is -2.17. The quantitative estimate of drug-likeness (QED) is 0.812. The van der Waals surface area contributed by atoms with E-state index in [0.29, 0.717) is 5.56 Å². The molecule has 0 saturated heterocycles. The van der Waals surface area contributed by atoms with Crippen LogP contribution in [0.3, 0.4) is 0 Å². The van der Waals surface area contributed by atoms with Crippen molar-refractivity contribution in [2.45, 2.75) is 26.2 Å². The minimum absolute atomic E-state index is 0.0594. The van der Waals surface area contributed by atoms with Crippen molar-refractivity contribution in [1.82, 2.24) is 0 Å². The van der Waals surface area contributed by atoms with Crippen LogP contribution in [-0.2, 0) is 10.2 Å². The zero-order valence-corrected chi connectivity index (χ0v) is 13.1. The zero-order valence-electron chi connectivity index (χ0n) is 13.1. The van der Waals surface area contributed by atoms with E-state index >= 15 is 0 Å². The van der Waals surface area contributed by atoms with Crippen molar-refractivity contribution in [3.8, 4) is 0 Å². The predicted molar refractivity (Wildman–Crippen MR) is 89.2 cm³/mol. The molecular weight excluding hydrogens is 277 g/mol. The Morgan fingerprint density at radius 2 is 1.82 bits per heavy atom. The summed E-state index contributed by atoms with van der Waals surface area (Å²) in [5, 5.41) is 2.88. The molecule has 1 N–H and O–H groups in total. The molecule has 114 valence electrons. The SMILES string of the molecule is CC(C)(C)c1ccccc1NC(=O)/C=C/c1cccc(F)c1. The van der Waals surface area contributed by atoms with Gasteiger partial charge in [-0.15, -0.1) is 0 Å². The van der Waals surface area contributed by atoms with Crippen LogP contribution in [0.5, 0.6) is 0 Å². The first-order chi connectivity index (χ1) is 10.4. The average molecular weight is 297 g/mol. The van der Waals surface area contributed by atoms with E-state index < -0.39 is 0 Å². The highest BCUT2D eigenvalue weighted by Gasteiger charge is 2.17. The average Bonchev–Trinajstić information content (AvgIpc) is 2.45. The highest BCUT2D eigenvalue weighted by atomic mass is 19.1. The number of hydrogen-bond donors (Lipinski definition) is 1. The Morgan fingerprint density at radius 3 is 2.50 bits per heavy atom. The van der Waals surface area contributed by atoms with Crippen molar-refractivity contribution in [3.05, 3.63) is 71.6 Å². The van der Waals surface area contributed by atoms with Crippen molar-refractivity contribution in [2.75, 3.05) is 5.32 Å². The Balaban J connectivity index is 2.13. The lowest BCUT2D eigenvalue weighted by Gasteiger charge is -2.22. The van der Waals surface area contributed by atoms with E-state index in [1.54, 1.807) is 18.2 Å². The van der Waals surface area contributed by atoms with Crippen molar-refractivity contribution in [2.24, 2.45) is 0 Å². The lowest BCUT2D eigenvalue weighted by atomic mass is 9.86. The molecule has 0 atom stereocenters. The Bertz CT molecular complexity index is 699. The lowest BCUT2D eigenvalue weighted by molar-refractivity contribution is -0.111. The summed E-state index contributed by atoms with van der Waals surface area (Å²) in [4.78, 5) is 12.1. The van der Waals surface area contributed by atoms with Crippen LogP contribution in [0, 0.1) is 5.82 Å². The van der Waals surface area contributed by atoms with Crippen LogP contribution in [0.4, 0.5) is 10.1 Å². The fourth-order valence-electron chi connectivity index (χ4n) is 2.20. The third kappa shape index (κ3) is 4.29. The van der Waals surface area contributed by atoms with E-state index in [0.717, 1.165) is 11.3 Å². The second-order valence-electron chi connectivity index (χ2n) is 6.17. The fourth-order valence-corrected chi connectivity index (χ4v) is 2.20. The number of benzene rings is 2. The summed E-state index contributed by atoms with van der Waals surface area (Å²) >= 11 is 0. The van der Waals surface area contributed by atoms with E-state index in [1.807, 2.05) is 24.3 Å². The largest absolute Gasteiger partial charge is 0.322 e. The number of para-hydroxylation sites is 1. The number of anilines is 1. The van der Waals surface area contributed by atoms with Crippen LogP contribution in [0.1, 0.15) is 31.9 Å². The number of amides is 1. The molecule has 0 aliphatic carbocycles. The van der Waals surface area contributed by atoms with Gasteiger partial charge in [-0.3, -0.25) is 4.79 Å². The predicted octanol–water partition coefficient (Wildman–Crippen LogP) is 4.78. The maximum Gasteiger partial charge on any atom is 0.248 e. The molecule has 0 radical (unpaired) electrons. The molecule has 22 heavy (non-hydrogen) atoms. The first kappa shape index (κ1) is 16.0. The van der Waals surface area contributed by atoms with Gasteiger partial charge in [-0.1, -0.05) is 51.1 Å². The standard InChI is InChI=1S/C19H20FNO/c1-19(2,3)16-9-4-5-10-17(16)21-18(22)12-11-14-7-6-8-15(20)13-14/h4-13H,1-3H3,(H,21,22)/b12-11+. The molecule has 2 aromatic rings. The van der Waals surface area contributed by atoms with Gasteiger partial charge in [0.25, 0.3) is 0 Å². The first-order valence-electron chi connectivity index (χ1n) is 7.20. The van der Waals surface area contributed by atoms with Crippen LogP contribution >= 0.6 is 0 Å². The van der Waals surface area contributed by atoms with E-state index in [-0.39, 0.29) is 17.1 Å². The molecule has 0 spiro atoms. The number of halogens is 1. The third-order valence-electron chi connectivity index (χ3n) is 3.27. The molecule has 3 heteroatoms. The molecule has 0 unspecified atom stereocenters. The normalized spacial score (nSPS) is 11.6. The van der Waals surface area contributed by atoms with Crippen LogP contribution in [0.2, 0.25) is 0 Å². The molecule has 2 nitrogen and oxygen atoms in total. The Morgan fingerprint density at radius 1 is 1.09 bits per heavy atom. The minimum Gasteiger partial charge on any atom is -0.322 e. The Labute approximate surface area is 130 Å². The summed E-state index contributed by atoms with van der Waals surface area (Å²) in [6.07, 6.45) is 3.01. The minimum atomic E-state index is -0.319. The van der Waals surface area contributed by atoms with Gasteiger partial charge in [0, 0.05) is 11.8 Å². The topological polar surface area (TPSA) is 29.1 Å². The van der Waals surface area contributed by atoms with E-state index in [4.69, 9.17) is 0 Å². The van der Waals surface area contributed by atoms with Gasteiger partial charge in [-0.25, -0.2) is 4.39 Å². The number of hydrogen-bond acceptors (Lipinski definition) is 1. The van der Waals surface area contributed by atoms with Crippen molar-refractivity contribution >= 4 is 17.7 Å². The molecule has 0 heterocycles. The molecule has 0 aromatic heterocycles. The zero-order chi connectivity index (χ0) is 16.2. The summed E-state index contributed by atoms with van der Waals surface area (Å²) in [7, 11) is 0. The maximum absolute atomic E-state index is 13.1.